The summed E-state index contributed by atoms with van der Waals surface area (Å²) in [5.74, 6) is -0.105. The minimum atomic E-state index is -0.797. The molecular formula is C14H21ClN2O. The van der Waals surface area contributed by atoms with Crippen LogP contribution in [0, 0.1) is 0 Å². The standard InChI is InChI=1S/C14H21ClN2O/c1-4-14(3,16)13(18)17-10(2)9-11-5-7-12(15)8-6-11/h5-8,10H,4,9,16H2,1-3H3,(H,17,18). The van der Waals surface area contributed by atoms with Crippen LogP contribution in [0.1, 0.15) is 32.8 Å². The third-order valence-electron chi connectivity index (χ3n) is 3.09. The van der Waals surface area contributed by atoms with Gasteiger partial charge in [0.1, 0.15) is 0 Å². The van der Waals surface area contributed by atoms with Gasteiger partial charge in [0.05, 0.1) is 5.54 Å². The smallest absolute Gasteiger partial charge is 0.240 e. The third kappa shape index (κ3) is 4.31. The van der Waals surface area contributed by atoms with Gasteiger partial charge in [0.25, 0.3) is 0 Å². The van der Waals surface area contributed by atoms with E-state index in [1.54, 1.807) is 6.92 Å². The van der Waals surface area contributed by atoms with Crippen LogP contribution < -0.4 is 11.1 Å². The van der Waals surface area contributed by atoms with E-state index in [9.17, 15) is 4.79 Å². The number of halogens is 1. The Hall–Kier alpha value is -1.06. The van der Waals surface area contributed by atoms with E-state index in [1.807, 2.05) is 38.1 Å². The lowest BCUT2D eigenvalue weighted by molar-refractivity contribution is -0.126. The summed E-state index contributed by atoms with van der Waals surface area (Å²) < 4.78 is 0. The Kier molecular flexibility index (Phi) is 5.17. The number of carbonyl (C=O) groups is 1. The average Bonchev–Trinajstić information content (AvgIpc) is 2.32. The van der Waals surface area contributed by atoms with Crippen molar-refractivity contribution in [2.24, 2.45) is 5.73 Å². The van der Waals surface area contributed by atoms with Gasteiger partial charge >= 0.3 is 0 Å². The molecule has 0 fully saturated rings. The monoisotopic (exact) mass is 268 g/mol. The molecule has 100 valence electrons. The van der Waals surface area contributed by atoms with Gasteiger partial charge in [0, 0.05) is 11.1 Å². The molecule has 4 heteroatoms. The first-order chi connectivity index (χ1) is 8.35. The molecule has 0 saturated carbocycles. The van der Waals surface area contributed by atoms with Crippen LogP contribution in [-0.2, 0) is 11.2 Å². The lowest BCUT2D eigenvalue weighted by Crippen LogP contribution is -2.53. The molecule has 0 heterocycles. The van der Waals surface area contributed by atoms with Crippen molar-refractivity contribution in [3.05, 3.63) is 34.9 Å². The summed E-state index contributed by atoms with van der Waals surface area (Å²) in [4.78, 5) is 11.9. The molecule has 3 nitrogen and oxygen atoms in total. The number of carbonyl (C=O) groups excluding carboxylic acids is 1. The van der Waals surface area contributed by atoms with Gasteiger partial charge in [0.15, 0.2) is 0 Å². The number of hydrogen-bond acceptors (Lipinski definition) is 2. The quantitative estimate of drug-likeness (QED) is 0.862. The van der Waals surface area contributed by atoms with Gasteiger partial charge in [-0.2, -0.15) is 0 Å². The largest absolute Gasteiger partial charge is 0.352 e. The van der Waals surface area contributed by atoms with Gasteiger partial charge in [-0.3, -0.25) is 4.79 Å². The maximum Gasteiger partial charge on any atom is 0.240 e. The predicted molar refractivity (Wildman–Crippen MR) is 75.6 cm³/mol. The van der Waals surface area contributed by atoms with Crippen LogP contribution in [0.2, 0.25) is 5.02 Å². The molecule has 2 unspecified atom stereocenters. The first kappa shape index (κ1) is 15.0. The van der Waals surface area contributed by atoms with Crippen LogP contribution in [0.5, 0.6) is 0 Å². The Labute approximate surface area is 114 Å². The highest BCUT2D eigenvalue weighted by Gasteiger charge is 2.26. The van der Waals surface area contributed by atoms with Crippen LogP contribution in [0.4, 0.5) is 0 Å². The van der Waals surface area contributed by atoms with E-state index in [0.29, 0.717) is 6.42 Å². The molecule has 3 N–H and O–H groups in total. The Morgan fingerprint density at radius 2 is 2.00 bits per heavy atom. The van der Waals surface area contributed by atoms with E-state index >= 15 is 0 Å². The highest BCUT2D eigenvalue weighted by molar-refractivity contribution is 6.30. The predicted octanol–water partition coefficient (Wildman–Crippen LogP) is 2.51. The van der Waals surface area contributed by atoms with Crippen molar-refractivity contribution in [3.63, 3.8) is 0 Å². The van der Waals surface area contributed by atoms with Crippen LogP contribution in [0.25, 0.3) is 0 Å². The molecule has 0 aliphatic rings. The van der Waals surface area contributed by atoms with Crippen molar-refractivity contribution in [2.75, 3.05) is 0 Å². The SMILES string of the molecule is CCC(C)(N)C(=O)NC(C)Cc1ccc(Cl)cc1. The number of nitrogens with two attached hydrogens (primary N) is 1. The van der Waals surface area contributed by atoms with Crippen molar-refractivity contribution in [3.8, 4) is 0 Å². The zero-order valence-electron chi connectivity index (χ0n) is 11.2. The molecule has 18 heavy (non-hydrogen) atoms. The first-order valence-electron chi connectivity index (χ1n) is 6.19. The Balaban J connectivity index is 2.54. The van der Waals surface area contributed by atoms with Crippen LogP contribution >= 0.6 is 11.6 Å². The molecule has 0 aliphatic carbocycles. The molecule has 1 amide bonds. The van der Waals surface area contributed by atoms with E-state index in [2.05, 4.69) is 5.32 Å². The minimum absolute atomic E-state index is 0.0492. The van der Waals surface area contributed by atoms with Crippen molar-refractivity contribution >= 4 is 17.5 Å². The van der Waals surface area contributed by atoms with Crippen molar-refractivity contribution in [1.82, 2.24) is 5.32 Å². The number of amides is 1. The highest BCUT2D eigenvalue weighted by Crippen LogP contribution is 2.11. The topological polar surface area (TPSA) is 55.1 Å². The van der Waals surface area contributed by atoms with E-state index in [-0.39, 0.29) is 11.9 Å². The summed E-state index contributed by atoms with van der Waals surface area (Å²) in [6, 6.07) is 7.68. The zero-order chi connectivity index (χ0) is 13.8. The van der Waals surface area contributed by atoms with E-state index < -0.39 is 5.54 Å². The van der Waals surface area contributed by atoms with Gasteiger partial charge in [-0.25, -0.2) is 0 Å². The van der Waals surface area contributed by atoms with Gasteiger partial charge in [-0.1, -0.05) is 30.7 Å². The fraction of sp³-hybridized carbons (Fsp3) is 0.500. The number of nitrogens with one attached hydrogen (secondary N) is 1. The molecule has 0 spiro atoms. The number of hydrogen-bond donors (Lipinski definition) is 2. The third-order valence-corrected chi connectivity index (χ3v) is 3.34. The van der Waals surface area contributed by atoms with E-state index in [1.165, 1.54) is 0 Å². The van der Waals surface area contributed by atoms with Crippen molar-refractivity contribution in [1.29, 1.82) is 0 Å². The molecule has 2 atom stereocenters. The van der Waals surface area contributed by atoms with Gasteiger partial charge in [-0.05, 0) is 44.4 Å². The fourth-order valence-electron chi connectivity index (χ4n) is 1.57. The maximum absolute atomic E-state index is 11.9. The van der Waals surface area contributed by atoms with E-state index in [0.717, 1.165) is 17.0 Å². The van der Waals surface area contributed by atoms with Gasteiger partial charge in [-0.15, -0.1) is 0 Å². The minimum Gasteiger partial charge on any atom is -0.352 e. The van der Waals surface area contributed by atoms with Crippen LogP contribution in [0.3, 0.4) is 0 Å². The Bertz CT molecular complexity index is 401. The molecule has 0 radical (unpaired) electrons. The molecule has 0 bridgehead atoms. The fourth-order valence-corrected chi connectivity index (χ4v) is 1.70. The highest BCUT2D eigenvalue weighted by atomic mass is 35.5. The van der Waals surface area contributed by atoms with E-state index in [4.69, 9.17) is 17.3 Å². The summed E-state index contributed by atoms with van der Waals surface area (Å²) in [7, 11) is 0. The number of benzene rings is 1. The van der Waals surface area contributed by atoms with Crippen molar-refractivity contribution in [2.45, 2.75) is 45.2 Å². The lowest BCUT2D eigenvalue weighted by Gasteiger charge is -2.24. The molecule has 0 saturated heterocycles. The Morgan fingerprint density at radius 1 is 1.44 bits per heavy atom. The molecule has 1 rings (SSSR count). The van der Waals surface area contributed by atoms with Crippen molar-refractivity contribution < 1.29 is 4.79 Å². The summed E-state index contributed by atoms with van der Waals surface area (Å²) in [5, 5.41) is 3.66. The molecular weight excluding hydrogens is 248 g/mol. The summed E-state index contributed by atoms with van der Waals surface area (Å²) in [5.41, 5.74) is 6.24. The second-order valence-electron chi connectivity index (χ2n) is 4.98. The number of rotatable bonds is 5. The second-order valence-corrected chi connectivity index (χ2v) is 5.41. The molecule has 0 aromatic heterocycles. The molecule has 1 aromatic rings. The Morgan fingerprint density at radius 3 is 2.50 bits per heavy atom. The zero-order valence-corrected chi connectivity index (χ0v) is 11.9. The summed E-state index contributed by atoms with van der Waals surface area (Å²) in [6.45, 7) is 5.62. The van der Waals surface area contributed by atoms with Gasteiger partial charge < -0.3 is 11.1 Å². The van der Waals surface area contributed by atoms with Crippen LogP contribution in [-0.4, -0.2) is 17.5 Å². The maximum atomic E-state index is 11.9. The molecule has 1 aromatic carbocycles. The second kappa shape index (κ2) is 6.21. The lowest BCUT2D eigenvalue weighted by atomic mass is 9.98. The average molecular weight is 269 g/mol. The van der Waals surface area contributed by atoms with Gasteiger partial charge in [0.2, 0.25) is 5.91 Å². The first-order valence-corrected chi connectivity index (χ1v) is 6.57. The normalized spacial score (nSPS) is 15.8. The summed E-state index contributed by atoms with van der Waals surface area (Å²) >= 11 is 5.82. The molecule has 0 aliphatic heterocycles. The summed E-state index contributed by atoms with van der Waals surface area (Å²) in [6.07, 6.45) is 1.38. The van der Waals surface area contributed by atoms with Crippen LogP contribution in [0.15, 0.2) is 24.3 Å².